The quantitative estimate of drug-likeness (QED) is 0.851. The summed E-state index contributed by atoms with van der Waals surface area (Å²) in [4.78, 5) is 30.5. The predicted molar refractivity (Wildman–Crippen MR) is 102 cm³/mol. The lowest BCUT2D eigenvalue weighted by atomic mass is 9.96. The molecule has 0 spiro atoms. The lowest BCUT2D eigenvalue weighted by Crippen LogP contribution is -2.54. The minimum Gasteiger partial charge on any atom is -0.341 e. The van der Waals surface area contributed by atoms with E-state index in [1.165, 1.54) is 5.56 Å². The molecule has 0 bridgehead atoms. The number of likely N-dealkylation sites (tertiary alicyclic amines) is 1. The number of likely N-dealkylation sites (N-methyl/N-ethyl adjacent to an activating group) is 1. The molecule has 2 saturated heterocycles. The van der Waals surface area contributed by atoms with Gasteiger partial charge >= 0.3 is 0 Å². The van der Waals surface area contributed by atoms with Crippen LogP contribution in [-0.2, 0) is 16.1 Å². The molecule has 0 radical (unpaired) electrons. The van der Waals surface area contributed by atoms with Crippen molar-refractivity contribution < 1.29 is 9.59 Å². The van der Waals surface area contributed by atoms with Gasteiger partial charge in [-0.25, -0.2) is 0 Å². The molecule has 6 heteroatoms. The van der Waals surface area contributed by atoms with Crippen LogP contribution < -0.4 is 5.32 Å². The molecule has 1 aromatic carbocycles. The SMILES string of the molecule is C[C@H]1C[C@H](N(C)C(=O)CN2CCNCC2=O)CCN1Cc1ccccc1. The smallest absolute Gasteiger partial charge is 0.242 e. The number of hydrogen-bond donors (Lipinski definition) is 1. The monoisotopic (exact) mass is 358 g/mol. The molecular formula is C20H30N4O2. The molecule has 2 aliphatic rings. The molecule has 2 heterocycles. The lowest BCUT2D eigenvalue weighted by molar-refractivity contribution is -0.142. The highest BCUT2D eigenvalue weighted by Gasteiger charge is 2.31. The van der Waals surface area contributed by atoms with E-state index in [1.54, 1.807) is 4.90 Å². The van der Waals surface area contributed by atoms with Gasteiger partial charge in [0.15, 0.2) is 0 Å². The molecule has 0 aliphatic carbocycles. The van der Waals surface area contributed by atoms with Crippen LogP contribution in [-0.4, -0.2) is 78.4 Å². The summed E-state index contributed by atoms with van der Waals surface area (Å²) in [5, 5.41) is 3.04. The molecule has 0 saturated carbocycles. The molecule has 2 amide bonds. The number of carbonyl (C=O) groups is 2. The van der Waals surface area contributed by atoms with E-state index in [9.17, 15) is 9.59 Å². The van der Waals surface area contributed by atoms with Gasteiger partial charge in [-0.3, -0.25) is 14.5 Å². The van der Waals surface area contributed by atoms with Crippen molar-refractivity contribution in [2.24, 2.45) is 0 Å². The van der Waals surface area contributed by atoms with Gasteiger partial charge in [-0.05, 0) is 25.3 Å². The van der Waals surface area contributed by atoms with Gasteiger partial charge in [-0.15, -0.1) is 0 Å². The van der Waals surface area contributed by atoms with Gasteiger partial charge in [0, 0.05) is 45.3 Å². The Balaban J connectivity index is 1.51. The fraction of sp³-hybridized carbons (Fsp3) is 0.600. The Morgan fingerprint density at radius 2 is 2.04 bits per heavy atom. The van der Waals surface area contributed by atoms with Crippen LogP contribution in [0, 0.1) is 0 Å². The Kier molecular flexibility index (Phi) is 6.27. The average molecular weight is 358 g/mol. The maximum atomic E-state index is 12.6. The van der Waals surface area contributed by atoms with Crippen molar-refractivity contribution in [3.63, 3.8) is 0 Å². The second-order valence-electron chi connectivity index (χ2n) is 7.48. The fourth-order valence-corrected chi connectivity index (χ4v) is 3.89. The molecule has 1 N–H and O–H groups in total. The van der Waals surface area contributed by atoms with Crippen molar-refractivity contribution in [3.05, 3.63) is 35.9 Å². The predicted octanol–water partition coefficient (Wildman–Crippen LogP) is 0.930. The Bertz CT molecular complexity index is 621. The van der Waals surface area contributed by atoms with E-state index in [4.69, 9.17) is 0 Å². The summed E-state index contributed by atoms with van der Waals surface area (Å²) in [5.74, 6) is 0.0676. The Morgan fingerprint density at radius 1 is 1.27 bits per heavy atom. The number of benzene rings is 1. The van der Waals surface area contributed by atoms with Crippen LogP contribution in [0.4, 0.5) is 0 Å². The molecule has 142 valence electrons. The third-order valence-electron chi connectivity index (χ3n) is 5.67. The summed E-state index contributed by atoms with van der Waals surface area (Å²) in [5.41, 5.74) is 1.33. The minimum atomic E-state index is 0.0176. The van der Waals surface area contributed by atoms with Crippen molar-refractivity contribution in [1.29, 1.82) is 0 Å². The maximum Gasteiger partial charge on any atom is 0.242 e. The van der Waals surface area contributed by atoms with Crippen LogP contribution in [0.1, 0.15) is 25.3 Å². The van der Waals surface area contributed by atoms with E-state index < -0.39 is 0 Å². The van der Waals surface area contributed by atoms with Crippen molar-refractivity contribution in [2.45, 2.75) is 38.4 Å². The van der Waals surface area contributed by atoms with Gasteiger partial charge < -0.3 is 15.1 Å². The lowest BCUT2D eigenvalue weighted by Gasteiger charge is -2.41. The molecule has 1 aromatic rings. The summed E-state index contributed by atoms with van der Waals surface area (Å²) in [6.45, 7) is 6.11. The number of piperidine rings is 1. The number of amides is 2. The van der Waals surface area contributed by atoms with Crippen molar-refractivity contribution in [2.75, 3.05) is 39.8 Å². The maximum absolute atomic E-state index is 12.6. The van der Waals surface area contributed by atoms with Gasteiger partial charge in [0.25, 0.3) is 0 Å². The van der Waals surface area contributed by atoms with Crippen LogP contribution in [0.3, 0.4) is 0 Å². The van der Waals surface area contributed by atoms with Crippen molar-refractivity contribution in [1.82, 2.24) is 20.0 Å². The number of nitrogens with zero attached hydrogens (tertiary/aromatic N) is 3. The molecule has 0 unspecified atom stereocenters. The van der Waals surface area contributed by atoms with Crippen molar-refractivity contribution in [3.8, 4) is 0 Å². The largest absolute Gasteiger partial charge is 0.341 e. The first-order chi connectivity index (χ1) is 12.5. The summed E-state index contributed by atoms with van der Waals surface area (Å²) in [6.07, 6.45) is 1.96. The van der Waals surface area contributed by atoms with E-state index in [1.807, 2.05) is 18.0 Å². The fourth-order valence-electron chi connectivity index (χ4n) is 3.89. The van der Waals surface area contributed by atoms with Gasteiger partial charge in [0.05, 0.1) is 13.1 Å². The van der Waals surface area contributed by atoms with E-state index >= 15 is 0 Å². The first-order valence-electron chi connectivity index (χ1n) is 9.56. The molecular weight excluding hydrogens is 328 g/mol. The highest BCUT2D eigenvalue weighted by molar-refractivity contribution is 5.86. The first kappa shape index (κ1) is 18.9. The summed E-state index contributed by atoms with van der Waals surface area (Å²) < 4.78 is 0. The van der Waals surface area contributed by atoms with Gasteiger partial charge in [-0.2, -0.15) is 0 Å². The van der Waals surface area contributed by atoms with Gasteiger partial charge in [-0.1, -0.05) is 30.3 Å². The van der Waals surface area contributed by atoms with Gasteiger partial charge in [0.2, 0.25) is 11.8 Å². The highest BCUT2D eigenvalue weighted by Crippen LogP contribution is 2.23. The molecule has 6 nitrogen and oxygen atoms in total. The second kappa shape index (κ2) is 8.64. The molecule has 3 rings (SSSR count). The van der Waals surface area contributed by atoms with E-state index in [2.05, 4.69) is 41.4 Å². The summed E-state index contributed by atoms with van der Waals surface area (Å²) in [6, 6.07) is 11.2. The third-order valence-corrected chi connectivity index (χ3v) is 5.67. The Labute approximate surface area is 156 Å². The van der Waals surface area contributed by atoms with Crippen LogP contribution in [0.2, 0.25) is 0 Å². The zero-order valence-corrected chi connectivity index (χ0v) is 15.9. The van der Waals surface area contributed by atoms with E-state index in [0.717, 1.165) is 32.5 Å². The van der Waals surface area contributed by atoms with Crippen LogP contribution >= 0.6 is 0 Å². The van der Waals surface area contributed by atoms with E-state index in [0.29, 0.717) is 19.1 Å². The number of hydrogen-bond acceptors (Lipinski definition) is 4. The standard InChI is InChI=1S/C20H30N4O2/c1-16-12-18(8-10-23(16)14-17-6-4-3-5-7-17)22(2)20(26)15-24-11-9-21-13-19(24)25/h3-7,16,18,21H,8-15H2,1-2H3/t16-,18+/m0/s1. The molecule has 2 aliphatic heterocycles. The van der Waals surface area contributed by atoms with Crippen LogP contribution in [0.25, 0.3) is 0 Å². The number of piperazine rings is 1. The van der Waals surface area contributed by atoms with Crippen molar-refractivity contribution >= 4 is 11.8 Å². The van der Waals surface area contributed by atoms with E-state index in [-0.39, 0.29) is 24.4 Å². The Morgan fingerprint density at radius 3 is 2.73 bits per heavy atom. The van der Waals surface area contributed by atoms with Crippen LogP contribution in [0.15, 0.2) is 30.3 Å². The number of rotatable bonds is 5. The first-order valence-corrected chi connectivity index (χ1v) is 9.56. The third kappa shape index (κ3) is 4.62. The normalized spacial score (nSPS) is 24.5. The zero-order chi connectivity index (χ0) is 18.5. The topological polar surface area (TPSA) is 55.9 Å². The average Bonchev–Trinajstić information content (AvgIpc) is 2.65. The number of carbonyl (C=O) groups excluding carboxylic acids is 2. The van der Waals surface area contributed by atoms with Gasteiger partial charge in [0.1, 0.15) is 0 Å². The molecule has 2 fully saturated rings. The zero-order valence-electron chi connectivity index (χ0n) is 15.9. The number of nitrogens with one attached hydrogen (secondary N) is 1. The highest BCUT2D eigenvalue weighted by atomic mass is 16.2. The molecule has 2 atom stereocenters. The molecule has 0 aromatic heterocycles. The van der Waals surface area contributed by atoms with Crippen LogP contribution in [0.5, 0.6) is 0 Å². The second-order valence-corrected chi connectivity index (χ2v) is 7.48. The Hall–Kier alpha value is -1.92. The molecule has 26 heavy (non-hydrogen) atoms. The summed E-state index contributed by atoms with van der Waals surface area (Å²) >= 11 is 0. The minimum absolute atomic E-state index is 0.0176. The summed E-state index contributed by atoms with van der Waals surface area (Å²) in [7, 11) is 1.89.